The summed E-state index contributed by atoms with van der Waals surface area (Å²) in [4.78, 5) is 26.7. The second-order valence-electron chi connectivity index (χ2n) is 8.95. The Hall–Kier alpha value is -3.55. The number of carbonyl (C=O) groups is 2. The van der Waals surface area contributed by atoms with Gasteiger partial charge < -0.3 is 20.9 Å². The van der Waals surface area contributed by atoms with Crippen molar-refractivity contribution in [2.24, 2.45) is 0 Å². The van der Waals surface area contributed by atoms with Crippen LogP contribution in [-0.2, 0) is 10.2 Å². The third kappa shape index (κ3) is 6.24. The van der Waals surface area contributed by atoms with Crippen LogP contribution in [-0.4, -0.2) is 43.0 Å². The van der Waals surface area contributed by atoms with Crippen LogP contribution < -0.4 is 16.0 Å². The highest BCUT2D eigenvalue weighted by Crippen LogP contribution is 2.36. The molecule has 2 aliphatic rings. The van der Waals surface area contributed by atoms with Crippen molar-refractivity contribution >= 4 is 24.3 Å². The standard InChI is InChI=1S/C26H26F3N5O2.ClH/c27-20-5-2-1-4-19(20)26(16-30)8-12-34(13-9-26)11-3-10-31-24(35)18-15-32-25(36)33-23(18)17-6-7-21(28)22(29)14-17;/h1-2,4-7,14-15,23H,3,8-13H2,(H,31,35)(H2,32,33,36);1H. The Morgan fingerprint density at radius 1 is 1.11 bits per heavy atom. The van der Waals surface area contributed by atoms with E-state index in [-0.39, 0.29) is 29.4 Å². The lowest BCUT2D eigenvalue weighted by molar-refractivity contribution is -0.117. The number of benzene rings is 2. The summed E-state index contributed by atoms with van der Waals surface area (Å²) in [6.45, 7) is 2.30. The van der Waals surface area contributed by atoms with Gasteiger partial charge in [0.1, 0.15) is 5.82 Å². The van der Waals surface area contributed by atoms with Gasteiger partial charge in [-0.1, -0.05) is 24.3 Å². The number of carbonyl (C=O) groups excluding carboxylic acids is 2. The molecule has 0 aromatic heterocycles. The highest BCUT2D eigenvalue weighted by molar-refractivity contribution is 5.97. The fraction of sp³-hybridized carbons (Fsp3) is 0.346. The SMILES string of the molecule is Cl.N#CC1(c2ccccc2F)CCN(CCCNC(=O)C2=CNC(=O)NC2c2ccc(F)c(F)c2)CC1. The number of nitrogens with one attached hydrogen (secondary N) is 3. The number of halogens is 4. The van der Waals surface area contributed by atoms with Crippen molar-refractivity contribution in [3.8, 4) is 6.07 Å². The Bertz CT molecular complexity index is 1220. The van der Waals surface area contributed by atoms with Gasteiger partial charge in [0, 0.05) is 18.3 Å². The maximum absolute atomic E-state index is 14.3. The lowest BCUT2D eigenvalue weighted by Gasteiger charge is -2.37. The molecule has 1 fully saturated rings. The van der Waals surface area contributed by atoms with E-state index in [0.717, 1.165) is 12.1 Å². The molecule has 11 heteroatoms. The van der Waals surface area contributed by atoms with Crippen LogP contribution in [0.3, 0.4) is 0 Å². The Labute approximate surface area is 219 Å². The van der Waals surface area contributed by atoms with Crippen LogP contribution in [0.25, 0.3) is 0 Å². The van der Waals surface area contributed by atoms with Crippen LogP contribution in [0.1, 0.15) is 36.4 Å². The van der Waals surface area contributed by atoms with E-state index in [0.29, 0.717) is 51.0 Å². The molecule has 0 radical (unpaired) electrons. The fourth-order valence-electron chi connectivity index (χ4n) is 4.68. The number of piperidine rings is 1. The van der Waals surface area contributed by atoms with Crippen LogP contribution in [0.15, 0.2) is 54.2 Å². The zero-order valence-electron chi connectivity index (χ0n) is 19.9. The number of nitrogens with zero attached hydrogens (tertiary/aromatic N) is 2. The van der Waals surface area contributed by atoms with Crippen molar-refractivity contribution in [1.82, 2.24) is 20.9 Å². The summed E-state index contributed by atoms with van der Waals surface area (Å²) >= 11 is 0. The van der Waals surface area contributed by atoms with Gasteiger partial charge in [-0.2, -0.15) is 5.26 Å². The molecule has 7 nitrogen and oxygen atoms in total. The summed E-state index contributed by atoms with van der Waals surface area (Å²) in [7, 11) is 0. The molecule has 4 rings (SSSR count). The molecule has 0 saturated carbocycles. The molecule has 2 aliphatic heterocycles. The van der Waals surface area contributed by atoms with E-state index in [9.17, 15) is 28.0 Å². The predicted octanol–water partition coefficient (Wildman–Crippen LogP) is 3.83. The van der Waals surface area contributed by atoms with Crippen molar-refractivity contribution in [3.05, 3.63) is 82.8 Å². The largest absolute Gasteiger partial charge is 0.352 e. The number of rotatable bonds is 7. The van der Waals surface area contributed by atoms with Gasteiger partial charge in [-0.15, -0.1) is 12.4 Å². The van der Waals surface area contributed by atoms with Crippen molar-refractivity contribution in [2.45, 2.75) is 30.7 Å². The second kappa shape index (κ2) is 12.1. The Morgan fingerprint density at radius 2 is 1.84 bits per heavy atom. The highest BCUT2D eigenvalue weighted by Gasteiger charge is 2.38. The first-order chi connectivity index (χ1) is 17.3. The van der Waals surface area contributed by atoms with E-state index in [2.05, 4.69) is 26.9 Å². The van der Waals surface area contributed by atoms with Crippen LogP contribution in [0.2, 0.25) is 0 Å². The van der Waals surface area contributed by atoms with Crippen LogP contribution in [0.4, 0.5) is 18.0 Å². The summed E-state index contributed by atoms with van der Waals surface area (Å²) < 4.78 is 41.3. The molecule has 2 aromatic carbocycles. The molecular formula is C26H27ClF3N5O2. The molecule has 1 saturated heterocycles. The van der Waals surface area contributed by atoms with Gasteiger partial charge in [0.25, 0.3) is 5.91 Å². The van der Waals surface area contributed by atoms with Gasteiger partial charge in [0.2, 0.25) is 0 Å². The summed E-state index contributed by atoms with van der Waals surface area (Å²) in [5, 5.41) is 17.6. The van der Waals surface area contributed by atoms with Crippen molar-refractivity contribution in [3.63, 3.8) is 0 Å². The Morgan fingerprint density at radius 3 is 2.51 bits per heavy atom. The van der Waals surface area contributed by atoms with Gasteiger partial charge in [0.15, 0.2) is 11.6 Å². The molecule has 1 unspecified atom stereocenters. The average Bonchev–Trinajstić information content (AvgIpc) is 2.89. The summed E-state index contributed by atoms with van der Waals surface area (Å²) in [6.07, 6.45) is 2.93. The van der Waals surface area contributed by atoms with E-state index < -0.39 is 35.0 Å². The van der Waals surface area contributed by atoms with Crippen LogP contribution in [0, 0.1) is 28.8 Å². The van der Waals surface area contributed by atoms with E-state index >= 15 is 0 Å². The lowest BCUT2D eigenvalue weighted by Crippen LogP contribution is -2.45. The molecule has 0 bridgehead atoms. The number of likely N-dealkylation sites (tertiary alicyclic amines) is 1. The van der Waals surface area contributed by atoms with Crippen LogP contribution >= 0.6 is 12.4 Å². The quantitative estimate of drug-likeness (QED) is 0.471. The fourth-order valence-corrected chi connectivity index (χ4v) is 4.68. The number of amides is 3. The molecular weight excluding hydrogens is 507 g/mol. The minimum atomic E-state index is -1.07. The molecule has 2 aromatic rings. The molecule has 3 amide bonds. The first-order valence-electron chi connectivity index (χ1n) is 11.7. The van der Waals surface area contributed by atoms with E-state index in [4.69, 9.17) is 0 Å². The smallest absolute Gasteiger partial charge is 0.319 e. The average molecular weight is 534 g/mol. The predicted molar refractivity (Wildman–Crippen MR) is 133 cm³/mol. The highest BCUT2D eigenvalue weighted by atomic mass is 35.5. The maximum atomic E-state index is 14.3. The number of nitriles is 1. The van der Waals surface area contributed by atoms with E-state index in [1.54, 1.807) is 18.2 Å². The third-order valence-electron chi connectivity index (χ3n) is 6.73. The zero-order valence-corrected chi connectivity index (χ0v) is 20.7. The first kappa shape index (κ1) is 28.0. The normalized spacial score (nSPS) is 18.9. The summed E-state index contributed by atoms with van der Waals surface area (Å²) in [5.74, 6) is -2.90. The van der Waals surface area contributed by atoms with Crippen LogP contribution in [0.5, 0.6) is 0 Å². The zero-order chi connectivity index (χ0) is 25.7. The van der Waals surface area contributed by atoms with Gasteiger partial charge in [-0.3, -0.25) is 4.79 Å². The van der Waals surface area contributed by atoms with E-state index in [1.807, 2.05) is 0 Å². The molecule has 0 spiro atoms. The lowest BCUT2D eigenvalue weighted by atomic mass is 9.74. The number of urea groups is 1. The monoisotopic (exact) mass is 533 g/mol. The molecule has 2 heterocycles. The van der Waals surface area contributed by atoms with E-state index in [1.165, 1.54) is 18.3 Å². The minimum absolute atomic E-state index is 0. The van der Waals surface area contributed by atoms with Gasteiger partial charge in [0.05, 0.1) is 23.1 Å². The summed E-state index contributed by atoms with van der Waals surface area (Å²) in [6, 6.07) is 10.5. The van der Waals surface area contributed by atoms with Crippen molar-refractivity contribution in [1.29, 1.82) is 5.26 Å². The Kier molecular flexibility index (Phi) is 9.18. The van der Waals surface area contributed by atoms with Crippen molar-refractivity contribution in [2.75, 3.05) is 26.2 Å². The first-order valence-corrected chi connectivity index (χ1v) is 11.7. The maximum Gasteiger partial charge on any atom is 0.319 e. The van der Waals surface area contributed by atoms with Crippen molar-refractivity contribution < 1.29 is 22.8 Å². The topological polar surface area (TPSA) is 97.3 Å². The van der Waals surface area contributed by atoms with Gasteiger partial charge in [-0.05, 0) is 62.7 Å². The van der Waals surface area contributed by atoms with Gasteiger partial charge >= 0.3 is 6.03 Å². The third-order valence-corrected chi connectivity index (χ3v) is 6.73. The molecule has 37 heavy (non-hydrogen) atoms. The Balaban J connectivity index is 0.00000380. The molecule has 196 valence electrons. The number of hydrogen-bond donors (Lipinski definition) is 3. The number of hydrogen-bond acceptors (Lipinski definition) is 4. The second-order valence-corrected chi connectivity index (χ2v) is 8.95. The minimum Gasteiger partial charge on any atom is -0.352 e. The molecule has 1 atom stereocenters. The molecule has 3 N–H and O–H groups in total. The molecule has 0 aliphatic carbocycles. The van der Waals surface area contributed by atoms with Gasteiger partial charge in [-0.25, -0.2) is 18.0 Å². The summed E-state index contributed by atoms with van der Waals surface area (Å²) in [5.41, 5.74) is 0.0171.